The molecule has 2 amide bonds. The van der Waals surface area contributed by atoms with Crippen LogP contribution in [0.25, 0.3) is 10.4 Å². The number of methoxy groups -OCH3 is 3. The molecular weight excluding hydrogens is 423 g/mol. The van der Waals surface area contributed by atoms with E-state index in [2.05, 4.69) is 10.9 Å². The van der Waals surface area contributed by atoms with Gasteiger partial charge in [-0.05, 0) is 47.5 Å². The van der Waals surface area contributed by atoms with E-state index in [0.29, 0.717) is 27.7 Å². The van der Waals surface area contributed by atoms with Crippen molar-refractivity contribution in [3.05, 3.63) is 64.8 Å². The second-order valence-corrected chi connectivity index (χ2v) is 7.47. The third-order valence-electron chi connectivity index (χ3n) is 4.36. The highest BCUT2D eigenvalue weighted by atomic mass is 32.1. The Balaban J connectivity index is 1.61. The van der Waals surface area contributed by atoms with E-state index in [0.717, 1.165) is 10.4 Å². The minimum Gasteiger partial charge on any atom is -0.493 e. The number of thiophene rings is 1. The molecule has 0 radical (unpaired) electrons. The van der Waals surface area contributed by atoms with Crippen LogP contribution in [0.3, 0.4) is 0 Å². The van der Waals surface area contributed by atoms with Gasteiger partial charge in [-0.3, -0.25) is 20.4 Å². The normalized spacial score (nSPS) is 10.3. The first-order valence-electron chi connectivity index (χ1n) is 9.19. The molecule has 0 unspecified atom stereocenters. The number of hydrazine groups is 1. The molecule has 0 fully saturated rings. The SMILES string of the molecule is COc1cc(CC(=O)NNC(=O)c2ccc(-c3ccc(F)cc3)s2)cc(OC)c1OC. The third-order valence-corrected chi connectivity index (χ3v) is 5.50. The highest BCUT2D eigenvalue weighted by Crippen LogP contribution is 2.38. The maximum Gasteiger partial charge on any atom is 0.279 e. The van der Waals surface area contributed by atoms with Gasteiger partial charge < -0.3 is 14.2 Å². The van der Waals surface area contributed by atoms with E-state index < -0.39 is 11.8 Å². The lowest BCUT2D eigenvalue weighted by molar-refractivity contribution is -0.121. The van der Waals surface area contributed by atoms with Gasteiger partial charge >= 0.3 is 0 Å². The average molecular weight is 444 g/mol. The second kappa shape index (κ2) is 9.94. The van der Waals surface area contributed by atoms with Gasteiger partial charge in [0.25, 0.3) is 5.91 Å². The second-order valence-electron chi connectivity index (χ2n) is 6.38. The Morgan fingerprint density at radius 1 is 0.903 bits per heavy atom. The Morgan fingerprint density at radius 2 is 1.55 bits per heavy atom. The van der Waals surface area contributed by atoms with Gasteiger partial charge in [0.2, 0.25) is 11.7 Å². The number of carbonyl (C=O) groups is 2. The molecule has 0 aliphatic rings. The van der Waals surface area contributed by atoms with Crippen molar-refractivity contribution in [3.63, 3.8) is 0 Å². The first kappa shape index (κ1) is 22.1. The molecule has 2 aromatic carbocycles. The van der Waals surface area contributed by atoms with Gasteiger partial charge in [-0.1, -0.05) is 12.1 Å². The number of ether oxygens (including phenoxy) is 3. The van der Waals surface area contributed by atoms with Crippen molar-refractivity contribution < 1.29 is 28.2 Å². The van der Waals surface area contributed by atoms with Gasteiger partial charge in [0.15, 0.2) is 11.5 Å². The summed E-state index contributed by atoms with van der Waals surface area (Å²) in [4.78, 5) is 25.9. The quantitative estimate of drug-likeness (QED) is 0.544. The van der Waals surface area contributed by atoms with Crippen molar-refractivity contribution in [3.8, 4) is 27.7 Å². The molecule has 1 heterocycles. The molecule has 3 aromatic rings. The lowest BCUT2D eigenvalue weighted by atomic mass is 10.1. The molecule has 1 aromatic heterocycles. The fraction of sp³-hybridized carbons (Fsp3) is 0.182. The van der Waals surface area contributed by atoms with Gasteiger partial charge in [0.1, 0.15) is 5.82 Å². The number of halogens is 1. The van der Waals surface area contributed by atoms with Gasteiger partial charge in [0, 0.05) is 4.88 Å². The highest BCUT2D eigenvalue weighted by Gasteiger charge is 2.16. The number of hydrogen-bond donors (Lipinski definition) is 2. The summed E-state index contributed by atoms with van der Waals surface area (Å²) < 4.78 is 28.9. The Labute approximate surface area is 182 Å². The van der Waals surface area contributed by atoms with Crippen LogP contribution in [0.5, 0.6) is 17.2 Å². The largest absolute Gasteiger partial charge is 0.493 e. The van der Waals surface area contributed by atoms with Crippen LogP contribution in [0.15, 0.2) is 48.5 Å². The molecule has 0 saturated heterocycles. The zero-order chi connectivity index (χ0) is 22.4. The van der Waals surface area contributed by atoms with E-state index in [9.17, 15) is 14.0 Å². The summed E-state index contributed by atoms with van der Waals surface area (Å²) in [6.45, 7) is 0. The lowest BCUT2D eigenvalue weighted by Gasteiger charge is -2.14. The number of rotatable bonds is 7. The monoisotopic (exact) mass is 444 g/mol. The smallest absolute Gasteiger partial charge is 0.279 e. The predicted octanol–water partition coefficient (Wildman–Crippen LogP) is 3.58. The number of carbonyl (C=O) groups excluding carboxylic acids is 2. The average Bonchev–Trinajstić information content (AvgIpc) is 3.27. The predicted molar refractivity (Wildman–Crippen MR) is 115 cm³/mol. The number of benzene rings is 2. The molecule has 162 valence electrons. The fourth-order valence-corrected chi connectivity index (χ4v) is 3.79. The summed E-state index contributed by atoms with van der Waals surface area (Å²) in [6, 6.07) is 12.7. The van der Waals surface area contributed by atoms with Crippen molar-refractivity contribution in [1.82, 2.24) is 10.9 Å². The minimum atomic E-state index is -0.448. The van der Waals surface area contributed by atoms with E-state index in [1.165, 1.54) is 44.8 Å². The van der Waals surface area contributed by atoms with Crippen LogP contribution in [0.4, 0.5) is 4.39 Å². The molecule has 0 atom stereocenters. The fourth-order valence-electron chi connectivity index (χ4n) is 2.88. The maximum absolute atomic E-state index is 13.1. The van der Waals surface area contributed by atoms with E-state index >= 15 is 0 Å². The van der Waals surface area contributed by atoms with Gasteiger partial charge in [-0.15, -0.1) is 11.3 Å². The number of nitrogens with one attached hydrogen (secondary N) is 2. The van der Waals surface area contributed by atoms with E-state index in [4.69, 9.17) is 14.2 Å². The molecule has 2 N–H and O–H groups in total. The van der Waals surface area contributed by atoms with E-state index in [-0.39, 0.29) is 12.2 Å². The van der Waals surface area contributed by atoms with E-state index in [1.807, 2.05) is 0 Å². The summed E-state index contributed by atoms with van der Waals surface area (Å²) in [5.74, 6) is 0.0981. The van der Waals surface area contributed by atoms with Crippen LogP contribution in [0, 0.1) is 5.82 Å². The summed E-state index contributed by atoms with van der Waals surface area (Å²) in [5, 5.41) is 0. The Kier molecular flexibility index (Phi) is 7.09. The van der Waals surface area contributed by atoms with Gasteiger partial charge in [-0.2, -0.15) is 0 Å². The van der Waals surface area contributed by atoms with Crippen LogP contribution in [-0.4, -0.2) is 33.1 Å². The van der Waals surface area contributed by atoms with E-state index in [1.54, 1.807) is 36.4 Å². The molecule has 0 spiro atoms. The van der Waals surface area contributed by atoms with Gasteiger partial charge in [-0.25, -0.2) is 4.39 Å². The first-order chi connectivity index (χ1) is 14.9. The van der Waals surface area contributed by atoms with Crippen LogP contribution >= 0.6 is 11.3 Å². The van der Waals surface area contributed by atoms with Crippen LogP contribution in [0.1, 0.15) is 15.2 Å². The van der Waals surface area contributed by atoms with Crippen molar-refractivity contribution >= 4 is 23.2 Å². The molecular formula is C22H21FN2O5S. The summed E-state index contributed by atoms with van der Waals surface area (Å²) in [7, 11) is 4.47. The van der Waals surface area contributed by atoms with Crippen molar-refractivity contribution in [2.45, 2.75) is 6.42 Å². The number of amides is 2. The van der Waals surface area contributed by atoms with Crippen LogP contribution in [-0.2, 0) is 11.2 Å². The van der Waals surface area contributed by atoms with Crippen molar-refractivity contribution in [1.29, 1.82) is 0 Å². The van der Waals surface area contributed by atoms with Crippen LogP contribution in [0.2, 0.25) is 0 Å². The minimum absolute atomic E-state index is 0.0116. The summed E-state index contributed by atoms with van der Waals surface area (Å²) >= 11 is 1.24. The van der Waals surface area contributed by atoms with Crippen molar-refractivity contribution in [2.24, 2.45) is 0 Å². The Hall–Kier alpha value is -3.59. The topological polar surface area (TPSA) is 85.9 Å². The number of hydrogen-bond acceptors (Lipinski definition) is 6. The molecule has 9 heteroatoms. The first-order valence-corrected chi connectivity index (χ1v) is 10.0. The summed E-state index contributed by atoms with van der Waals surface area (Å²) in [6.07, 6.45) is -0.0116. The zero-order valence-corrected chi connectivity index (χ0v) is 18.0. The molecule has 0 aliphatic heterocycles. The third kappa shape index (κ3) is 5.32. The molecule has 0 bridgehead atoms. The summed E-state index contributed by atoms with van der Waals surface area (Å²) in [5.41, 5.74) is 6.22. The standard InChI is InChI=1S/C22H21FN2O5S/c1-28-16-10-13(11-17(29-2)21(16)30-3)12-20(26)24-25-22(27)19-9-8-18(31-19)14-4-6-15(23)7-5-14/h4-11H,12H2,1-3H3,(H,24,26)(H,25,27). The molecule has 3 rings (SSSR count). The molecule has 0 aliphatic carbocycles. The lowest BCUT2D eigenvalue weighted by Crippen LogP contribution is -2.42. The maximum atomic E-state index is 13.1. The Morgan fingerprint density at radius 3 is 2.13 bits per heavy atom. The molecule has 31 heavy (non-hydrogen) atoms. The van der Waals surface area contributed by atoms with Gasteiger partial charge in [0.05, 0.1) is 32.6 Å². The molecule has 7 nitrogen and oxygen atoms in total. The zero-order valence-electron chi connectivity index (χ0n) is 17.2. The van der Waals surface area contributed by atoms with Crippen molar-refractivity contribution in [2.75, 3.05) is 21.3 Å². The Bertz CT molecular complexity index is 1060. The van der Waals surface area contributed by atoms with Crippen LogP contribution < -0.4 is 25.1 Å². The highest BCUT2D eigenvalue weighted by molar-refractivity contribution is 7.17. The molecule has 0 saturated carbocycles.